The third-order valence-corrected chi connectivity index (χ3v) is 7.26. The molecule has 0 aliphatic carbocycles. The maximum absolute atomic E-state index is 13.6. The third-order valence-electron chi connectivity index (χ3n) is 5.44. The van der Waals surface area contributed by atoms with Gasteiger partial charge in [0.1, 0.15) is 5.75 Å². The van der Waals surface area contributed by atoms with Crippen LogP contribution in [0.1, 0.15) is 27.9 Å². The summed E-state index contributed by atoms with van der Waals surface area (Å²) >= 11 is 0. The lowest BCUT2D eigenvalue weighted by Gasteiger charge is -2.25. The van der Waals surface area contributed by atoms with Gasteiger partial charge >= 0.3 is 0 Å². The highest BCUT2D eigenvalue weighted by Gasteiger charge is 2.26. The molecule has 0 saturated heterocycles. The van der Waals surface area contributed by atoms with Crippen molar-refractivity contribution in [2.24, 2.45) is 5.73 Å². The van der Waals surface area contributed by atoms with E-state index in [0.717, 1.165) is 11.1 Å². The molecule has 0 aromatic heterocycles. The quantitative estimate of drug-likeness (QED) is 0.484. The van der Waals surface area contributed by atoms with Crippen LogP contribution in [0.2, 0.25) is 0 Å². The van der Waals surface area contributed by atoms with Gasteiger partial charge in [0.25, 0.3) is 15.9 Å². The zero-order chi connectivity index (χ0) is 24.9. The Kier molecular flexibility index (Phi) is 7.57. The molecule has 2 amide bonds. The summed E-state index contributed by atoms with van der Waals surface area (Å²) in [5.74, 6) is -0.552. The number of amides is 2. The van der Waals surface area contributed by atoms with Gasteiger partial charge < -0.3 is 15.8 Å². The molecule has 0 atom stereocenters. The maximum Gasteiger partial charge on any atom is 0.264 e. The number of hydrogen-bond donors (Lipinski definition) is 2. The van der Waals surface area contributed by atoms with Crippen LogP contribution in [-0.4, -0.2) is 33.9 Å². The summed E-state index contributed by atoms with van der Waals surface area (Å²) in [6.07, 6.45) is -0.150. The Morgan fingerprint density at radius 1 is 0.971 bits per heavy atom. The zero-order valence-electron chi connectivity index (χ0n) is 19.2. The summed E-state index contributed by atoms with van der Waals surface area (Å²) in [7, 11) is -2.44. The number of nitrogens with two attached hydrogens (primary N) is 1. The van der Waals surface area contributed by atoms with E-state index < -0.39 is 21.8 Å². The molecule has 0 saturated carbocycles. The maximum atomic E-state index is 13.6. The number of carbonyl (C=O) groups excluding carboxylic acids is 2. The number of rotatable bonds is 9. The number of benzene rings is 3. The van der Waals surface area contributed by atoms with Gasteiger partial charge in [-0.25, -0.2) is 8.42 Å². The monoisotopic (exact) mass is 481 g/mol. The lowest BCUT2D eigenvalue weighted by atomic mass is 10.1. The van der Waals surface area contributed by atoms with E-state index in [1.807, 2.05) is 13.8 Å². The lowest BCUT2D eigenvalue weighted by Crippen LogP contribution is -2.34. The van der Waals surface area contributed by atoms with Crippen LogP contribution < -0.4 is 20.1 Å². The van der Waals surface area contributed by atoms with Crippen LogP contribution in [0.25, 0.3) is 0 Å². The topological polar surface area (TPSA) is 119 Å². The van der Waals surface area contributed by atoms with Gasteiger partial charge in [-0.1, -0.05) is 18.2 Å². The minimum absolute atomic E-state index is 0.119. The number of para-hydroxylation sites is 1. The second-order valence-corrected chi connectivity index (χ2v) is 9.59. The van der Waals surface area contributed by atoms with Gasteiger partial charge in [-0.3, -0.25) is 13.9 Å². The summed E-state index contributed by atoms with van der Waals surface area (Å²) in [5, 5.41) is 2.64. The van der Waals surface area contributed by atoms with E-state index in [0.29, 0.717) is 11.4 Å². The number of ether oxygens (including phenoxy) is 1. The highest BCUT2D eigenvalue weighted by Crippen LogP contribution is 2.27. The van der Waals surface area contributed by atoms with Crippen molar-refractivity contribution in [2.75, 3.05) is 23.3 Å². The average Bonchev–Trinajstić information content (AvgIpc) is 2.81. The molecule has 3 rings (SSSR count). The Morgan fingerprint density at radius 3 is 2.26 bits per heavy atom. The minimum Gasteiger partial charge on any atom is -0.497 e. The van der Waals surface area contributed by atoms with Crippen LogP contribution >= 0.6 is 0 Å². The van der Waals surface area contributed by atoms with Crippen LogP contribution in [0, 0.1) is 13.8 Å². The number of methoxy groups -OCH3 is 1. The summed E-state index contributed by atoms with van der Waals surface area (Å²) < 4.78 is 33.5. The van der Waals surface area contributed by atoms with Crippen molar-refractivity contribution in [3.63, 3.8) is 0 Å². The van der Waals surface area contributed by atoms with Gasteiger partial charge in [-0.05, 0) is 73.5 Å². The molecule has 3 N–H and O–H groups in total. The van der Waals surface area contributed by atoms with Gasteiger partial charge in [0.15, 0.2) is 0 Å². The van der Waals surface area contributed by atoms with E-state index in [-0.39, 0.29) is 29.1 Å². The first kappa shape index (κ1) is 24.8. The van der Waals surface area contributed by atoms with Crippen molar-refractivity contribution in [1.82, 2.24) is 0 Å². The number of sulfonamides is 1. The molecule has 0 spiro atoms. The average molecular weight is 482 g/mol. The number of primary amides is 1. The molecular formula is C25H27N3O5S. The highest BCUT2D eigenvalue weighted by molar-refractivity contribution is 7.92. The smallest absolute Gasteiger partial charge is 0.264 e. The highest BCUT2D eigenvalue weighted by atomic mass is 32.2. The summed E-state index contributed by atoms with van der Waals surface area (Å²) in [6, 6.07) is 17.8. The molecule has 0 radical (unpaired) electrons. The van der Waals surface area contributed by atoms with Crippen molar-refractivity contribution in [3.8, 4) is 5.75 Å². The summed E-state index contributed by atoms with van der Waals surface area (Å²) in [4.78, 5) is 24.4. The Labute approximate surface area is 199 Å². The zero-order valence-corrected chi connectivity index (χ0v) is 20.1. The summed E-state index contributed by atoms with van der Waals surface area (Å²) in [5.41, 5.74) is 8.02. The lowest BCUT2D eigenvalue weighted by molar-refractivity contribution is -0.116. The predicted molar refractivity (Wildman–Crippen MR) is 132 cm³/mol. The molecule has 0 bridgehead atoms. The molecule has 0 heterocycles. The van der Waals surface area contributed by atoms with Gasteiger partial charge in [-0.15, -0.1) is 0 Å². The number of carbonyl (C=O) groups is 2. The molecule has 0 aliphatic heterocycles. The normalized spacial score (nSPS) is 11.0. The minimum atomic E-state index is -3.96. The molecule has 9 heteroatoms. The van der Waals surface area contributed by atoms with Crippen LogP contribution in [-0.2, 0) is 14.8 Å². The Morgan fingerprint density at radius 2 is 1.65 bits per heavy atom. The fraction of sp³-hybridized carbons (Fsp3) is 0.200. The van der Waals surface area contributed by atoms with Crippen molar-refractivity contribution < 1.29 is 22.7 Å². The molecule has 0 aliphatic rings. The van der Waals surface area contributed by atoms with Crippen LogP contribution in [0.3, 0.4) is 0 Å². The number of nitrogens with zero attached hydrogens (tertiary/aromatic N) is 1. The fourth-order valence-electron chi connectivity index (χ4n) is 3.36. The molecule has 178 valence electrons. The molecular weight excluding hydrogens is 454 g/mol. The third kappa shape index (κ3) is 5.55. The van der Waals surface area contributed by atoms with E-state index >= 15 is 0 Å². The first-order valence-electron chi connectivity index (χ1n) is 10.6. The molecule has 3 aromatic carbocycles. The van der Waals surface area contributed by atoms with Crippen LogP contribution in [0.15, 0.2) is 71.6 Å². The van der Waals surface area contributed by atoms with Gasteiger partial charge in [0.05, 0.1) is 28.9 Å². The molecule has 34 heavy (non-hydrogen) atoms. The Bertz CT molecular complexity index is 1300. The van der Waals surface area contributed by atoms with Gasteiger partial charge in [-0.2, -0.15) is 0 Å². The van der Waals surface area contributed by atoms with Crippen molar-refractivity contribution >= 4 is 33.2 Å². The van der Waals surface area contributed by atoms with E-state index in [1.54, 1.807) is 60.7 Å². The second-order valence-electron chi connectivity index (χ2n) is 7.73. The molecule has 0 unspecified atom stereocenters. The SMILES string of the molecule is COc1ccc(N(CCC(=O)Nc2ccccc2C(N)=O)S(=O)(=O)c2ccc(C)c(C)c2)cc1. The standard InChI is InChI=1S/C25H27N3O5S/c1-17-8-13-21(16-18(17)2)34(31,32)28(19-9-11-20(33-3)12-10-19)15-14-24(29)27-23-7-5-4-6-22(23)25(26)30/h4-13,16H,14-15H2,1-3H3,(H2,26,30)(H,27,29). The Hall–Kier alpha value is -3.85. The van der Waals surface area contributed by atoms with Crippen molar-refractivity contribution in [3.05, 3.63) is 83.4 Å². The Balaban J connectivity index is 1.89. The number of nitrogens with one attached hydrogen (secondary N) is 1. The summed E-state index contributed by atoms with van der Waals surface area (Å²) in [6.45, 7) is 3.63. The number of hydrogen-bond acceptors (Lipinski definition) is 5. The molecule has 8 nitrogen and oxygen atoms in total. The second kappa shape index (κ2) is 10.4. The van der Waals surface area contributed by atoms with Gasteiger partial charge in [0.2, 0.25) is 5.91 Å². The van der Waals surface area contributed by atoms with Gasteiger partial charge in [0, 0.05) is 13.0 Å². The number of aryl methyl sites for hydroxylation is 2. The van der Waals surface area contributed by atoms with Crippen LogP contribution in [0.5, 0.6) is 5.75 Å². The fourth-order valence-corrected chi connectivity index (χ4v) is 4.91. The van der Waals surface area contributed by atoms with Crippen molar-refractivity contribution in [2.45, 2.75) is 25.2 Å². The largest absolute Gasteiger partial charge is 0.497 e. The molecule has 3 aromatic rings. The van der Waals surface area contributed by atoms with E-state index in [2.05, 4.69) is 5.32 Å². The number of anilines is 2. The van der Waals surface area contributed by atoms with Crippen molar-refractivity contribution in [1.29, 1.82) is 0 Å². The van der Waals surface area contributed by atoms with E-state index in [9.17, 15) is 18.0 Å². The first-order chi connectivity index (χ1) is 16.1. The molecule has 0 fully saturated rings. The first-order valence-corrected chi connectivity index (χ1v) is 12.0. The van der Waals surface area contributed by atoms with E-state index in [1.165, 1.54) is 17.5 Å². The predicted octanol–water partition coefficient (Wildman–Crippen LogP) is 3.64. The van der Waals surface area contributed by atoms with E-state index in [4.69, 9.17) is 10.5 Å². The van der Waals surface area contributed by atoms with Crippen LogP contribution in [0.4, 0.5) is 11.4 Å².